The molecule has 168 valence electrons. The van der Waals surface area contributed by atoms with E-state index >= 15 is 0 Å². The number of Topliss-reactive ketones (excluding diaryl/α,β-unsaturated/α-hetero) is 1. The van der Waals surface area contributed by atoms with Gasteiger partial charge in [-0.25, -0.2) is 9.29 Å². The van der Waals surface area contributed by atoms with Gasteiger partial charge >= 0.3 is 0 Å². The lowest BCUT2D eigenvalue weighted by atomic mass is 9.86. The van der Waals surface area contributed by atoms with Gasteiger partial charge in [-0.3, -0.25) is 14.4 Å². The first-order chi connectivity index (χ1) is 16.5. The third-order valence-electron chi connectivity index (χ3n) is 6.90. The minimum Gasteiger partial charge on any atom is -0.352 e. The zero-order valence-electron chi connectivity index (χ0n) is 17.8. The average Bonchev–Trinajstić information content (AvgIpc) is 3.34. The van der Waals surface area contributed by atoms with Crippen LogP contribution in [0.2, 0.25) is 5.02 Å². The molecule has 3 aliphatic rings. The molecule has 0 bridgehead atoms. The van der Waals surface area contributed by atoms with Crippen LogP contribution in [0.4, 0.5) is 15.8 Å². The monoisotopic (exact) mass is 472 g/mol. The van der Waals surface area contributed by atoms with Gasteiger partial charge in [0.15, 0.2) is 5.78 Å². The van der Waals surface area contributed by atoms with E-state index < -0.39 is 41.6 Å². The lowest BCUT2D eigenvalue weighted by Crippen LogP contribution is -2.48. The summed E-state index contributed by atoms with van der Waals surface area (Å²) in [5.41, 5.74) is 2.42. The lowest BCUT2D eigenvalue weighted by Gasteiger charge is -2.36. The van der Waals surface area contributed by atoms with Crippen molar-refractivity contribution >= 4 is 46.6 Å². The molecular weight excluding hydrogens is 455 g/mol. The third kappa shape index (κ3) is 2.88. The number of para-hydroxylation sites is 1. The van der Waals surface area contributed by atoms with E-state index in [0.29, 0.717) is 5.56 Å². The van der Waals surface area contributed by atoms with E-state index in [2.05, 4.69) is 0 Å². The number of anilines is 2. The molecule has 0 aliphatic carbocycles. The van der Waals surface area contributed by atoms with Crippen LogP contribution in [0.5, 0.6) is 0 Å². The standard InChI is InChI=1S/C27H18ClFN2O3/c28-18-14-17(11-12-19(18)29)30-26(33)22-21-13-10-15-6-4-5-9-20(15)31(21)24(23(22)27(30)34)25(32)16-7-2-1-3-8-16/h1-14,21-24H/t21-,22-,23-,24+/m1/s1. The van der Waals surface area contributed by atoms with E-state index in [4.69, 9.17) is 11.6 Å². The number of fused-ring (bicyclic) bond motifs is 5. The molecule has 3 heterocycles. The summed E-state index contributed by atoms with van der Waals surface area (Å²) in [7, 11) is 0. The number of halogens is 2. The van der Waals surface area contributed by atoms with Gasteiger partial charge in [0, 0.05) is 11.3 Å². The van der Waals surface area contributed by atoms with Gasteiger partial charge < -0.3 is 4.90 Å². The zero-order chi connectivity index (χ0) is 23.6. The molecule has 0 saturated carbocycles. The van der Waals surface area contributed by atoms with Crippen molar-refractivity contribution in [1.82, 2.24) is 0 Å². The predicted molar refractivity (Wildman–Crippen MR) is 127 cm³/mol. The van der Waals surface area contributed by atoms with Crippen molar-refractivity contribution in [2.75, 3.05) is 9.80 Å². The van der Waals surface area contributed by atoms with Crippen molar-refractivity contribution in [2.24, 2.45) is 11.8 Å². The molecule has 34 heavy (non-hydrogen) atoms. The molecule has 2 fully saturated rings. The molecule has 0 radical (unpaired) electrons. The van der Waals surface area contributed by atoms with E-state index in [9.17, 15) is 18.8 Å². The smallest absolute Gasteiger partial charge is 0.240 e. The Bertz CT molecular complexity index is 1390. The minimum atomic E-state index is -0.884. The van der Waals surface area contributed by atoms with Crippen molar-refractivity contribution in [1.29, 1.82) is 0 Å². The Kier molecular flexibility index (Phi) is 4.67. The molecule has 0 N–H and O–H groups in total. The van der Waals surface area contributed by atoms with Gasteiger partial charge in [-0.1, -0.05) is 72.3 Å². The van der Waals surface area contributed by atoms with Crippen LogP contribution in [0.3, 0.4) is 0 Å². The Balaban J connectivity index is 1.50. The number of nitrogens with zero attached hydrogens (tertiary/aromatic N) is 2. The van der Waals surface area contributed by atoms with Crippen LogP contribution >= 0.6 is 11.6 Å². The van der Waals surface area contributed by atoms with Gasteiger partial charge in [-0.05, 0) is 29.8 Å². The molecule has 2 saturated heterocycles. The normalized spacial score (nSPS) is 24.8. The maximum atomic E-state index is 13.8. The van der Waals surface area contributed by atoms with E-state index in [-0.39, 0.29) is 16.5 Å². The molecule has 4 atom stereocenters. The Hall–Kier alpha value is -3.77. The van der Waals surface area contributed by atoms with Crippen molar-refractivity contribution in [3.8, 4) is 0 Å². The maximum Gasteiger partial charge on any atom is 0.240 e. The van der Waals surface area contributed by atoms with Crippen LogP contribution in [-0.2, 0) is 9.59 Å². The van der Waals surface area contributed by atoms with Crippen molar-refractivity contribution in [3.05, 3.63) is 101 Å². The number of carbonyl (C=O) groups excluding carboxylic acids is 3. The SMILES string of the molecule is O=C(c1ccccc1)[C@@H]1[C@@H]2C(=O)N(c3ccc(F)c(Cl)c3)C(=O)[C@@H]2[C@H]2C=Cc3ccccc3N21. The van der Waals surface area contributed by atoms with Gasteiger partial charge in [0.05, 0.1) is 28.6 Å². The first-order valence-corrected chi connectivity index (χ1v) is 11.3. The van der Waals surface area contributed by atoms with Crippen molar-refractivity contribution < 1.29 is 18.8 Å². The highest BCUT2D eigenvalue weighted by Crippen LogP contribution is 2.49. The van der Waals surface area contributed by atoms with Crippen molar-refractivity contribution in [2.45, 2.75) is 12.1 Å². The van der Waals surface area contributed by atoms with Crippen LogP contribution in [0.25, 0.3) is 6.08 Å². The summed E-state index contributed by atoms with van der Waals surface area (Å²) in [6.45, 7) is 0. The van der Waals surface area contributed by atoms with Crippen LogP contribution < -0.4 is 9.80 Å². The fourth-order valence-corrected chi connectivity index (χ4v) is 5.64. The number of imide groups is 1. The molecule has 0 unspecified atom stereocenters. The van der Waals surface area contributed by atoms with Crippen LogP contribution in [0, 0.1) is 17.7 Å². The highest BCUT2D eigenvalue weighted by molar-refractivity contribution is 6.32. The summed E-state index contributed by atoms with van der Waals surface area (Å²) < 4.78 is 13.7. The molecule has 3 aromatic carbocycles. The predicted octanol–water partition coefficient (Wildman–Crippen LogP) is 4.75. The van der Waals surface area contributed by atoms with Gasteiger partial charge in [0.1, 0.15) is 11.9 Å². The summed E-state index contributed by atoms with van der Waals surface area (Å²) in [5, 5.41) is -0.180. The quantitative estimate of drug-likeness (QED) is 0.407. The Morgan fingerprint density at radius 1 is 0.882 bits per heavy atom. The Morgan fingerprint density at radius 3 is 2.35 bits per heavy atom. The maximum absolute atomic E-state index is 13.8. The molecule has 3 aromatic rings. The van der Waals surface area contributed by atoms with Gasteiger partial charge in [0.25, 0.3) is 0 Å². The fraction of sp³-hybridized carbons (Fsp3) is 0.148. The highest BCUT2D eigenvalue weighted by atomic mass is 35.5. The number of benzene rings is 3. The Labute approximate surface area is 200 Å². The fourth-order valence-electron chi connectivity index (χ4n) is 5.47. The summed E-state index contributed by atoms with van der Waals surface area (Å²) >= 11 is 5.94. The Morgan fingerprint density at radius 2 is 1.59 bits per heavy atom. The summed E-state index contributed by atoms with van der Waals surface area (Å²) in [6.07, 6.45) is 3.82. The first-order valence-electron chi connectivity index (χ1n) is 10.9. The molecule has 0 aromatic heterocycles. The lowest BCUT2D eigenvalue weighted by molar-refractivity contribution is -0.122. The second kappa shape index (κ2) is 7.64. The van der Waals surface area contributed by atoms with Gasteiger partial charge in [0.2, 0.25) is 11.8 Å². The molecule has 5 nitrogen and oxygen atoms in total. The topological polar surface area (TPSA) is 57.7 Å². The average molecular weight is 473 g/mol. The molecule has 3 aliphatic heterocycles. The third-order valence-corrected chi connectivity index (χ3v) is 7.19. The van der Waals surface area contributed by atoms with E-state index in [1.807, 2.05) is 47.4 Å². The largest absolute Gasteiger partial charge is 0.352 e. The van der Waals surface area contributed by atoms with E-state index in [0.717, 1.165) is 22.2 Å². The summed E-state index contributed by atoms with van der Waals surface area (Å²) in [6, 6.07) is 18.9. The number of rotatable bonds is 3. The summed E-state index contributed by atoms with van der Waals surface area (Å²) in [5.74, 6) is -3.39. The zero-order valence-corrected chi connectivity index (χ0v) is 18.5. The minimum absolute atomic E-state index is 0.180. The number of carbonyl (C=O) groups is 3. The van der Waals surface area contributed by atoms with E-state index in [1.54, 1.807) is 24.3 Å². The first kappa shape index (κ1) is 20.8. The number of hydrogen-bond acceptors (Lipinski definition) is 4. The molecule has 2 amide bonds. The molecule has 6 rings (SSSR count). The van der Waals surface area contributed by atoms with Crippen LogP contribution in [0.1, 0.15) is 15.9 Å². The number of ketones is 1. The number of amides is 2. The van der Waals surface area contributed by atoms with Crippen LogP contribution in [-0.4, -0.2) is 29.7 Å². The second-order valence-corrected chi connectivity index (χ2v) is 9.06. The van der Waals surface area contributed by atoms with Gasteiger partial charge in [-0.15, -0.1) is 0 Å². The van der Waals surface area contributed by atoms with Gasteiger partial charge in [-0.2, -0.15) is 0 Å². The number of hydrogen-bond donors (Lipinski definition) is 0. The molecule has 7 heteroatoms. The summed E-state index contributed by atoms with van der Waals surface area (Å²) in [4.78, 5) is 44.2. The van der Waals surface area contributed by atoms with Crippen LogP contribution in [0.15, 0.2) is 78.9 Å². The molecular formula is C27H18ClFN2O3. The van der Waals surface area contributed by atoms with E-state index in [1.165, 1.54) is 12.1 Å². The second-order valence-electron chi connectivity index (χ2n) is 8.65. The highest BCUT2D eigenvalue weighted by Gasteiger charge is 2.64. The molecule has 0 spiro atoms. The van der Waals surface area contributed by atoms with Crippen molar-refractivity contribution in [3.63, 3.8) is 0 Å².